The van der Waals surface area contributed by atoms with Crippen LogP contribution in [-0.2, 0) is 12.8 Å². The first-order chi connectivity index (χ1) is 12.9. The maximum Gasteiger partial charge on any atom is 0.157 e. The maximum absolute atomic E-state index is 9.53. The Morgan fingerprint density at radius 2 is 1.77 bits per heavy atom. The summed E-state index contributed by atoms with van der Waals surface area (Å²) >= 11 is 0. The molecule has 0 fully saturated rings. The van der Waals surface area contributed by atoms with E-state index in [-0.39, 0.29) is 36.6 Å². The van der Waals surface area contributed by atoms with Crippen molar-refractivity contribution in [2.24, 2.45) is 0 Å². The molecule has 0 saturated carbocycles. The molecular weight excluding hydrogens is 278 g/mol. The predicted molar refractivity (Wildman–Crippen MR) is 87.4 cm³/mol. The van der Waals surface area contributed by atoms with E-state index >= 15 is 0 Å². The number of aromatic hydroxyl groups is 3. The van der Waals surface area contributed by atoms with Crippen molar-refractivity contribution in [2.45, 2.75) is 32.1 Å². The number of hydrogen-bond acceptors (Lipinski definition) is 4. The molecule has 0 amide bonds. The van der Waals surface area contributed by atoms with Gasteiger partial charge in [0.05, 0.1) is 0 Å². The molecule has 118 valence electrons. The second-order valence-corrected chi connectivity index (χ2v) is 4.89. The van der Waals surface area contributed by atoms with E-state index in [2.05, 4.69) is 5.32 Å². The Labute approximate surface area is 139 Å². The lowest BCUT2D eigenvalue weighted by atomic mass is 10.1. The van der Waals surface area contributed by atoms with Crippen molar-refractivity contribution in [1.29, 1.82) is 0 Å². The number of benzene rings is 2. The summed E-state index contributed by atoms with van der Waals surface area (Å²) in [5, 5.41) is 30.7. The Bertz CT molecular complexity index is 810. The van der Waals surface area contributed by atoms with E-state index in [4.69, 9.17) is 8.22 Å². The number of phenolic OH excluding ortho intramolecular Hbond substituents is 3. The van der Waals surface area contributed by atoms with E-state index < -0.39 is 19.2 Å². The SMILES string of the molecule is [2H]C([2H])([2H])C([2H])(NCCc1ccc(O)c(O)c1)C([2H])([2H])Cc1ccc(O)cc1. The first-order valence-electron chi connectivity index (χ1n) is 9.89. The van der Waals surface area contributed by atoms with Gasteiger partial charge in [0.25, 0.3) is 0 Å². The molecule has 1 atom stereocenters. The highest BCUT2D eigenvalue weighted by atomic mass is 16.3. The van der Waals surface area contributed by atoms with Gasteiger partial charge in [-0.2, -0.15) is 0 Å². The fraction of sp³-hybridized carbons (Fsp3) is 0.333. The Morgan fingerprint density at radius 1 is 1.05 bits per heavy atom. The normalized spacial score (nSPS) is 18.9. The highest BCUT2D eigenvalue weighted by molar-refractivity contribution is 5.40. The summed E-state index contributed by atoms with van der Waals surface area (Å²) in [6.45, 7) is -2.98. The van der Waals surface area contributed by atoms with Crippen LogP contribution in [0.1, 0.15) is 32.6 Å². The minimum Gasteiger partial charge on any atom is -0.508 e. The molecule has 4 heteroatoms. The molecule has 4 N–H and O–H groups in total. The van der Waals surface area contributed by atoms with E-state index in [1.807, 2.05) is 0 Å². The predicted octanol–water partition coefficient (Wildman–Crippen LogP) is 2.96. The van der Waals surface area contributed by atoms with Gasteiger partial charge in [0.1, 0.15) is 5.75 Å². The van der Waals surface area contributed by atoms with Crippen LogP contribution >= 0.6 is 0 Å². The molecule has 0 aromatic heterocycles. The van der Waals surface area contributed by atoms with Crippen molar-refractivity contribution in [3.63, 3.8) is 0 Å². The summed E-state index contributed by atoms with van der Waals surface area (Å²) in [4.78, 5) is 0. The van der Waals surface area contributed by atoms with Crippen molar-refractivity contribution >= 4 is 0 Å². The lowest BCUT2D eigenvalue weighted by Crippen LogP contribution is -2.28. The topological polar surface area (TPSA) is 72.7 Å². The number of nitrogens with one attached hydrogen (secondary N) is 1. The molecular formula is C18H23NO3. The van der Waals surface area contributed by atoms with Crippen molar-refractivity contribution in [2.75, 3.05) is 6.54 Å². The summed E-state index contributed by atoms with van der Waals surface area (Å²) in [5.74, 6) is -0.583. The standard InChI is InChI=1S/C18H23NO3/c1-13(2-3-14-4-7-16(20)8-5-14)19-11-10-15-6-9-17(21)18(22)12-15/h4-9,12-13,19-22H,2-3,10-11H2,1H3/i1D3,2D2,13D. The van der Waals surface area contributed by atoms with E-state index in [1.165, 1.54) is 36.4 Å². The highest BCUT2D eigenvalue weighted by Gasteiger charge is 2.04. The zero-order chi connectivity index (χ0) is 21.2. The smallest absolute Gasteiger partial charge is 0.157 e. The summed E-state index contributed by atoms with van der Waals surface area (Å²) < 4.78 is 48.2. The summed E-state index contributed by atoms with van der Waals surface area (Å²) in [6, 6.07) is 7.28. The third-order valence-electron chi connectivity index (χ3n) is 3.16. The fourth-order valence-electron chi connectivity index (χ4n) is 1.92. The zero-order valence-electron chi connectivity index (χ0n) is 18.0. The third-order valence-corrected chi connectivity index (χ3v) is 3.16. The van der Waals surface area contributed by atoms with Gasteiger partial charge in [-0.25, -0.2) is 0 Å². The summed E-state index contributed by atoms with van der Waals surface area (Å²) in [7, 11) is 0. The Balaban J connectivity index is 2.17. The molecule has 2 aromatic rings. The average molecular weight is 307 g/mol. The second-order valence-electron chi connectivity index (χ2n) is 4.89. The van der Waals surface area contributed by atoms with Crippen molar-refractivity contribution in [1.82, 2.24) is 5.32 Å². The van der Waals surface area contributed by atoms with Gasteiger partial charge in [-0.15, -0.1) is 0 Å². The molecule has 22 heavy (non-hydrogen) atoms. The van der Waals surface area contributed by atoms with Crippen LogP contribution in [0.3, 0.4) is 0 Å². The molecule has 0 radical (unpaired) electrons. The molecule has 0 aliphatic rings. The van der Waals surface area contributed by atoms with Gasteiger partial charge in [0.2, 0.25) is 0 Å². The molecule has 1 unspecified atom stereocenters. The van der Waals surface area contributed by atoms with E-state index in [0.717, 1.165) is 0 Å². The Hall–Kier alpha value is -2.20. The molecule has 2 rings (SSSR count). The molecule has 0 spiro atoms. The van der Waals surface area contributed by atoms with E-state index in [1.54, 1.807) is 6.07 Å². The van der Waals surface area contributed by atoms with Crippen LogP contribution in [0, 0.1) is 0 Å². The van der Waals surface area contributed by atoms with Crippen LogP contribution in [0.2, 0.25) is 0 Å². The van der Waals surface area contributed by atoms with Crippen LogP contribution in [0.4, 0.5) is 0 Å². The number of aryl methyl sites for hydroxylation is 1. The van der Waals surface area contributed by atoms with Gasteiger partial charge in [0.15, 0.2) is 11.5 Å². The van der Waals surface area contributed by atoms with Gasteiger partial charge < -0.3 is 20.6 Å². The number of rotatable bonds is 7. The van der Waals surface area contributed by atoms with Gasteiger partial charge in [-0.3, -0.25) is 0 Å². The number of phenols is 3. The van der Waals surface area contributed by atoms with E-state index in [9.17, 15) is 15.3 Å². The summed E-state index contributed by atoms with van der Waals surface area (Å²) in [5.41, 5.74) is 1.05. The number of hydrogen-bond donors (Lipinski definition) is 4. The Kier molecular flexibility index (Phi) is 3.41. The van der Waals surface area contributed by atoms with Crippen LogP contribution in [-0.4, -0.2) is 27.9 Å². The maximum atomic E-state index is 9.53. The minimum atomic E-state index is -2.95. The highest BCUT2D eigenvalue weighted by Crippen LogP contribution is 2.24. The Morgan fingerprint density at radius 3 is 2.45 bits per heavy atom. The molecule has 0 aliphatic carbocycles. The molecule has 0 saturated heterocycles. The average Bonchev–Trinajstić information content (AvgIpc) is 2.58. The third kappa shape index (κ3) is 4.97. The van der Waals surface area contributed by atoms with Gasteiger partial charge in [-0.05, 0) is 68.0 Å². The monoisotopic (exact) mass is 307 g/mol. The van der Waals surface area contributed by atoms with Gasteiger partial charge >= 0.3 is 0 Å². The molecule has 4 nitrogen and oxygen atoms in total. The van der Waals surface area contributed by atoms with Crippen molar-refractivity contribution < 1.29 is 23.5 Å². The molecule has 0 heterocycles. The quantitative estimate of drug-likeness (QED) is 0.593. The molecule has 0 bridgehead atoms. The first kappa shape index (κ1) is 9.74. The molecule has 0 aliphatic heterocycles. The fourth-order valence-corrected chi connectivity index (χ4v) is 1.92. The van der Waals surface area contributed by atoms with Crippen LogP contribution in [0.15, 0.2) is 42.5 Å². The summed E-state index contributed by atoms with van der Waals surface area (Å²) in [6.07, 6.45) is -2.56. The lowest BCUT2D eigenvalue weighted by molar-refractivity contribution is 0.403. The molecule has 2 aromatic carbocycles. The minimum absolute atomic E-state index is 0.00699. The van der Waals surface area contributed by atoms with Crippen molar-refractivity contribution in [3.8, 4) is 17.2 Å². The zero-order valence-corrected chi connectivity index (χ0v) is 12.0. The van der Waals surface area contributed by atoms with Gasteiger partial charge in [-0.1, -0.05) is 18.2 Å². The van der Waals surface area contributed by atoms with Crippen LogP contribution < -0.4 is 5.32 Å². The second kappa shape index (κ2) is 7.71. The van der Waals surface area contributed by atoms with Gasteiger partial charge in [0, 0.05) is 14.2 Å². The lowest BCUT2D eigenvalue weighted by Gasteiger charge is -2.14. The van der Waals surface area contributed by atoms with Crippen LogP contribution in [0.5, 0.6) is 17.2 Å². The first-order valence-corrected chi connectivity index (χ1v) is 6.89. The largest absolute Gasteiger partial charge is 0.508 e. The van der Waals surface area contributed by atoms with Crippen LogP contribution in [0.25, 0.3) is 0 Å². The van der Waals surface area contributed by atoms with E-state index in [0.29, 0.717) is 11.1 Å². The van der Waals surface area contributed by atoms with Crippen molar-refractivity contribution in [3.05, 3.63) is 53.6 Å².